The van der Waals surface area contributed by atoms with Crippen LogP contribution in [-0.4, -0.2) is 11.1 Å². The normalized spacial score (nSPS) is 10.7. The number of hydrogen-bond donors (Lipinski definition) is 0. The third-order valence-electron chi connectivity index (χ3n) is 2.91. The van der Waals surface area contributed by atoms with E-state index in [1.807, 2.05) is 6.07 Å². The predicted molar refractivity (Wildman–Crippen MR) is 73.2 cm³/mol. The van der Waals surface area contributed by atoms with Gasteiger partial charge in [0.15, 0.2) is 0 Å². The lowest BCUT2D eigenvalue weighted by Gasteiger charge is -1.93. The Bertz CT molecular complexity index is 721. The average Bonchev–Trinajstić information content (AvgIpc) is 2.71. The number of hydrogen-bond acceptors (Lipinski definition) is 5. The zero-order chi connectivity index (χ0) is 14.7. The van der Waals surface area contributed by atoms with Gasteiger partial charge in [0, 0.05) is 23.9 Å². The van der Waals surface area contributed by atoms with E-state index in [9.17, 15) is 10.1 Å². The van der Waals surface area contributed by atoms with Crippen LogP contribution in [0.5, 0.6) is 0 Å². The number of nitro groups is 1. The van der Waals surface area contributed by atoms with E-state index in [-0.39, 0.29) is 11.6 Å². The van der Waals surface area contributed by atoms with Gasteiger partial charge in [-0.25, -0.2) is 4.99 Å². The van der Waals surface area contributed by atoms with Crippen molar-refractivity contribution >= 4 is 17.8 Å². The Kier molecular flexibility index (Phi) is 3.62. The molecule has 0 unspecified atom stereocenters. The highest BCUT2D eigenvalue weighted by Crippen LogP contribution is 2.27. The van der Waals surface area contributed by atoms with E-state index in [4.69, 9.17) is 9.68 Å². The molecule has 1 heterocycles. The number of non-ortho nitro benzene ring substituents is 1. The van der Waals surface area contributed by atoms with E-state index in [1.54, 1.807) is 26.0 Å². The van der Waals surface area contributed by atoms with Crippen LogP contribution in [0.15, 0.2) is 33.7 Å². The van der Waals surface area contributed by atoms with Crippen molar-refractivity contribution in [2.45, 2.75) is 13.8 Å². The summed E-state index contributed by atoms with van der Waals surface area (Å²) in [7, 11) is 0. The van der Waals surface area contributed by atoms with Crippen LogP contribution in [0.25, 0.3) is 0 Å². The SMILES string of the molecule is Cc1oc(/N=C/c2ccc([N+](=O)[O-])cc2)c(C#N)c1C. The number of nitriles is 1. The number of furan rings is 1. The van der Waals surface area contributed by atoms with Crippen LogP contribution in [-0.2, 0) is 0 Å². The first-order chi connectivity index (χ1) is 9.52. The summed E-state index contributed by atoms with van der Waals surface area (Å²) >= 11 is 0. The van der Waals surface area contributed by atoms with Crippen molar-refractivity contribution in [3.8, 4) is 6.07 Å². The molecule has 2 aromatic rings. The van der Waals surface area contributed by atoms with E-state index < -0.39 is 4.92 Å². The fourth-order valence-electron chi connectivity index (χ4n) is 1.65. The molecule has 6 heteroatoms. The molecule has 0 fully saturated rings. The minimum Gasteiger partial charge on any atom is -0.442 e. The molecular weight excluding hydrogens is 258 g/mol. The number of aliphatic imine (C=N–C) groups is 1. The first-order valence-corrected chi connectivity index (χ1v) is 5.81. The topological polar surface area (TPSA) is 92.4 Å². The summed E-state index contributed by atoms with van der Waals surface area (Å²) in [5, 5.41) is 19.6. The maximum atomic E-state index is 10.5. The summed E-state index contributed by atoms with van der Waals surface area (Å²) < 4.78 is 5.39. The standard InChI is InChI=1S/C14H11N3O3/c1-9-10(2)20-14(13(9)7-15)16-8-11-3-5-12(6-4-11)17(18)19/h3-6,8H,1-2H3/b16-8+. The zero-order valence-corrected chi connectivity index (χ0v) is 11.0. The first kappa shape index (κ1) is 13.5. The summed E-state index contributed by atoms with van der Waals surface area (Å²) in [4.78, 5) is 14.2. The van der Waals surface area contributed by atoms with Crippen LogP contribution >= 0.6 is 0 Å². The minimum atomic E-state index is -0.464. The van der Waals surface area contributed by atoms with Gasteiger partial charge in [0.2, 0.25) is 5.88 Å². The molecule has 1 aromatic heterocycles. The van der Waals surface area contributed by atoms with Crippen molar-refractivity contribution in [3.63, 3.8) is 0 Å². The monoisotopic (exact) mass is 269 g/mol. The van der Waals surface area contributed by atoms with E-state index in [2.05, 4.69) is 4.99 Å². The average molecular weight is 269 g/mol. The molecule has 20 heavy (non-hydrogen) atoms. The lowest BCUT2D eigenvalue weighted by Crippen LogP contribution is -1.88. The molecule has 0 atom stereocenters. The van der Waals surface area contributed by atoms with Crippen molar-refractivity contribution in [2.75, 3.05) is 0 Å². The summed E-state index contributed by atoms with van der Waals surface area (Å²) in [5.74, 6) is 0.901. The fraction of sp³-hybridized carbons (Fsp3) is 0.143. The highest BCUT2D eigenvalue weighted by molar-refractivity contribution is 5.82. The number of aryl methyl sites for hydroxylation is 1. The number of benzene rings is 1. The second kappa shape index (κ2) is 5.36. The molecule has 0 spiro atoms. The molecule has 0 saturated carbocycles. The van der Waals surface area contributed by atoms with Gasteiger partial charge in [0.1, 0.15) is 17.4 Å². The number of rotatable bonds is 3. The molecular formula is C14H11N3O3. The van der Waals surface area contributed by atoms with Gasteiger partial charge in [0.25, 0.3) is 5.69 Å². The summed E-state index contributed by atoms with van der Waals surface area (Å²) in [5.41, 5.74) is 1.87. The molecule has 0 N–H and O–H groups in total. The van der Waals surface area contributed by atoms with Gasteiger partial charge in [-0.1, -0.05) is 0 Å². The van der Waals surface area contributed by atoms with E-state index in [1.165, 1.54) is 18.3 Å². The molecule has 0 radical (unpaired) electrons. The molecule has 0 aliphatic rings. The summed E-state index contributed by atoms with van der Waals surface area (Å²) in [6, 6.07) is 8.00. The van der Waals surface area contributed by atoms with Crippen LogP contribution in [0.2, 0.25) is 0 Å². The van der Waals surface area contributed by atoms with Gasteiger partial charge in [-0.05, 0) is 31.5 Å². The van der Waals surface area contributed by atoms with Crippen molar-refractivity contribution in [3.05, 3.63) is 56.8 Å². The van der Waals surface area contributed by atoms with Gasteiger partial charge in [-0.3, -0.25) is 10.1 Å². The van der Waals surface area contributed by atoms with Gasteiger partial charge >= 0.3 is 0 Å². The molecule has 0 aliphatic heterocycles. The lowest BCUT2D eigenvalue weighted by atomic mass is 10.2. The molecule has 2 rings (SSSR count). The van der Waals surface area contributed by atoms with Gasteiger partial charge in [-0.2, -0.15) is 5.26 Å². The van der Waals surface area contributed by atoms with Crippen LogP contribution in [0.1, 0.15) is 22.5 Å². The predicted octanol–water partition coefficient (Wildman–Crippen LogP) is 3.43. The molecule has 6 nitrogen and oxygen atoms in total. The Morgan fingerprint density at radius 3 is 2.55 bits per heavy atom. The maximum absolute atomic E-state index is 10.5. The Hall–Kier alpha value is -2.94. The van der Waals surface area contributed by atoms with Crippen molar-refractivity contribution in [1.82, 2.24) is 0 Å². The highest BCUT2D eigenvalue weighted by atomic mass is 16.6. The van der Waals surface area contributed by atoms with Crippen molar-refractivity contribution in [2.24, 2.45) is 4.99 Å². The molecule has 0 aliphatic carbocycles. The third-order valence-corrected chi connectivity index (χ3v) is 2.91. The number of nitrogens with zero attached hydrogens (tertiary/aromatic N) is 3. The van der Waals surface area contributed by atoms with Crippen LogP contribution in [0.4, 0.5) is 11.6 Å². The molecule has 1 aromatic carbocycles. The molecule has 100 valence electrons. The third kappa shape index (κ3) is 2.57. The van der Waals surface area contributed by atoms with E-state index in [0.717, 1.165) is 5.56 Å². The van der Waals surface area contributed by atoms with Crippen LogP contribution < -0.4 is 0 Å². The Balaban J connectivity index is 2.28. The van der Waals surface area contributed by atoms with Gasteiger partial charge in [-0.15, -0.1) is 0 Å². The lowest BCUT2D eigenvalue weighted by molar-refractivity contribution is -0.384. The van der Waals surface area contributed by atoms with Gasteiger partial charge in [0.05, 0.1) is 4.92 Å². The quantitative estimate of drug-likeness (QED) is 0.484. The van der Waals surface area contributed by atoms with E-state index >= 15 is 0 Å². The highest BCUT2D eigenvalue weighted by Gasteiger charge is 2.12. The maximum Gasteiger partial charge on any atom is 0.269 e. The Morgan fingerprint density at radius 1 is 1.35 bits per heavy atom. The second-order valence-corrected chi connectivity index (χ2v) is 4.18. The van der Waals surface area contributed by atoms with Crippen LogP contribution in [0, 0.1) is 35.3 Å². The smallest absolute Gasteiger partial charge is 0.269 e. The zero-order valence-electron chi connectivity index (χ0n) is 11.0. The first-order valence-electron chi connectivity index (χ1n) is 5.81. The summed E-state index contributed by atoms with van der Waals surface area (Å²) in [6.45, 7) is 3.56. The minimum absolute atomic E-state index is 0.0181. The van der Waals surface area contributed by atoms with Crippen molar-refractivity contribution in [1.29, 1.82) is 5.26 Å². The molecule has 0 saturated heterocycles. The second-order valence-electron chi connectivity index (χ2n) is 4.18. The Labute approximate surface area is 115 Å². The largest absolute Gasteiger partial charge is 0.442 e. The number of nitro benzene ring substituents is 1. The molecule has 0 amide bonds. The van der Waals surface area contributed by atoms with Crippen molar-refractivity contribution < 1.29 is 9.34 Å². The fourth-order valence-corrected chi connectivity index (χ4v) is 1.65. The van der Waals surface area contributed by atoms with Crippen LogP contribution in [0.3, 0.4) is 0 Å². The van der Waals surface area contributed by atoms with Gasteiger partial charge < -0.3 is 4.42 Å². The molecule has 0 bridgehead atoms. The van der Waals surface area contributed by atoms with E-state index in [0.29, 0.717) is 16.9 Å². The summed E-state index contributed by atoms with van der Waals surface area (Å²) in [6.07, 6.45) is 1.50. The Morgan fingerprint density at radius 2 is 2.00 bits per heavy atom.